The van der Waals surface area contributed by atoms with Crippen LogP contribution in [0.15, 0.2) is 30.3 Å². The van der Waals surface area contributed by atoms with Gasteiger partial charge in [-0.05, 0) is 45.0 Å². The lowest BCUT2D eigenvalue weighted by atomic mass is 10.3. The van der Waals surface area contributed by atoms with Gasteiger partial charge in [-0.25, -0.2) is 0 Å². The fraction of sp³-hybridized carbons (Fsp3) is 0.571. The first-order valence-corrected chi connectivity index (χ1v) is 9.29. The number of anilines is 1. The van der Waals surface area contributed by atoms with E-state index >= 15 is 0 Å². The highest BCUT2D eigenvalue weighted by molar-refractivity contribution is 6.66. The van der Waals surface area contributed by atoms with Crippen LogP contribution in [0, 0.1) is 0 Å². The first-order chi connectivity index (χ1) is 8.70. The van der Waals surface area contributed by atoms with Gasteiger partial charge in [0.1, 0.15) is 0 Å². The monoisotopic (exact) mass is 267 g/mol. The number of para-hydroxylation sites is 1. The Morgan fingerprint density at radius 3 is 2.22 bits per heavy atom. The van der Waals surface area contributed by atoms with E-state index in [-0.39, 0.29) is 0 Å². The third-order valence-electron chi connectivity index (χ3n) is 2.81. The fourth-order valence-electron chi connectivity index (χ4n) is 1.99. The number of hydrogen-bond acceptors (Lipinski definition) is 3. The Kier molecular flexibility index (Phi) is 7.01. The van der Waals surface area contributed by atoms with Crippen LogP contribution in [0.5, 0.6) is 0 Å². The molecule has 0 saturated heterocycles. The molecule has 1 aromatic rings. The molecule has 1 N–H and O–H groups in total. The van der Waals surface area contributed by atoms with Crippen LogP contribution in [0.25, 0.3) is 0 Å². The molecule has 0 amide bonds. The smallest absolute Gasteiger partial charge is 0.334 e. The molecule has 0 aliphatic rings. The molecule has 0 aromatic heterocycles. The third-order valence-corrected chi connectivity index (χ3v) is 5.87. The Balaban J connectivity index is 2.26. The van der Waals surface area contributed by atoms with E-state index in [1.54, 1.807) is 0 Å². The quantitative estimate of drug-likeness (QED) is 0.547. The second kappa shape index (κ2) is 8.29. The van der Waals surface area contributed by atoms with E-state index in [2.05, 4.69) is 24.0 Å². The summed E-state index contributed by atoms with van der Waals surface area (Å²) in [5, 5.41) is 3.41. The normalized spacial score (nSPS) is 11.5. The molecular formula is C14H25NO2Si. The Morgan fingerprint density at radius 1 is 1.06 bits per heavy atom. The molecule has 0 aliphatic carbocycles. The van der Waals surface area contributed by atoms with Gasteiger partial charge in [-0.15, -0.1) is 0 Å². The van der Waals surface area contributed by atoms with Crippen molar-refractivity contribution in [2.45, 2.75) is 32.9 Å². The van der Waals surface area contributed by atoms with Crippen molar-refractivity contribution < 1.29 is 8.85 Å². The van der Waals surface area contributed by atoms with Crippen LogP contribution in [0.3, 0.4) is 0 Å². The van der Waals surface area contributed by atoms with Crippen molar-refractivity contribution in [1.29, 1.82) is 0 Å². The van der Waals surface area contributed by atoms with E-state index in [9.17, 15) is 0 Å². The lowest BCUT2D eigenvalue weighted by Crippen LogP contribution is -2.39. The van der Waals surface area contributed by atoms with Crippen LogP contribution in [0.4, 0.5) is 5.69 Å². The lowest BCUT2D eigenvalue weighted by Gasteiger charge is -2.26. The summed E-state index contributed by atoms with van der Waals surface area (Å²) < 4.78 is 11.6. The summed E-state index contributed by atoms with van der Waals surface area (Å²) in [6, 6.07) is 11.3. The summed E-state index contributed by atoms with van der Waals surface area (Å²) in [5.74, 6) is 0. The first kappa shape index (κ1) is 15.2. The maximum absolute atomic E-state index is 5.81. The van der Waals surface area contributed by atoms with Crippen LogP contribution in [-0.4, -0.2) is 28.3 Å². The predicted molar refractivity (Wildman–Crippen MR) is 79.2 cm³/mol. The summed E-state index contributed by atoms with van der Waals surface area (Å²) in [7, 11) is -1.93. The molecule has 0 radical (unpaired) electrons. The van der Waals surface area contributed by atoms with E-state index in [4.69, 9.17) is 8.85 Å². The minimum Gasteiger partial charge on any atom is -0.395 e. The zero-order valence-corrected chi connectivity index (χ0v) is 12.7. The second-order valence-corrected chi connectivity index (χ2v) is 7.74. The summed E-state index contributed by atoms with van der Waals surface area (Å²) in [6.07, 6.45) is 1.08. The van der Waals surface area contributed by atoms with E-state index < -0.39 is 8.56 Å². The average Bonchev–Trinajstić information content (AvgIpc) is 2.37. The van der Waals surface area contributed by atoms with Gasteiger partial charge in [0.2, 0.25) is 0 Å². The lowest BCUT2D eigenvalue weighted by molar-refractivity contribution is 0.188. The molecule has 0 heterocycles. The fourth-order valence-corrected chi connectivity index (χ4v) is 4.41. The van der Waals surface area contributed by atoms with E-state index in [0.717, 1.165) is 32.2 Å². The van der Waals surface area contributed by atoms with Crippen LogP contribution in [0.1, 0.15) is 20.3 Å². The highest BCUT2D eigenvalue weighted by atomic mass is 28.4. The van der Waals surface area contributed by atoms with Crippen LogP contribution >= 0.6 is 0 Å². The number of nitrogens with one attached hydrogen (secondary N) is 1. The molecule has 102 valence electrons. The van der Waals surface area contributed by atoms with E-state index in [1.165, 1.54) is 5.69 Å². The minimum absolute atomic E-state index is 0.745. The molecular weight excluding hydrogens is 242 g/mol. The van der Waals surface area contributed by atoms with Crippen molar-refractivity contribution >= 4 is 14.2 Å². The Labute approximate surface area is 112 Å². The minimum atomic E-state index is -1.93. The van der Waals surface area contributed by atoms with Crippen molar-refractivity contribution in [3.05, 3.63) is 30.3 Å². The zero-order valence-electron chi connectivity index (χ0n) is 11.7. The van der Waals surface area contributed by atoms with Gasteiger partial charge >= 0.3 is 8.56 Å². The zero-order chi connectivity index (χ0) is 13.3. The van der Waals surface area contributed by atoms with E-state index in [0.29, 0.717) is 0 Å². The molecule has 0 bridgehead atoms. The van der Waals surface area contributed by atoms with E-state index in [1.807, 2.05) is 32.0 Å². The van der Waals surface area contributed by atoms with Gasteiger partial charge in [-0.1, -0.05) is 18.2 Å². The second-order valence-electron chi connectivity index (χ2n) is 4.40. The molecule has 1 rings (SSSR count). The van der Waals surface area contributed by atoms with Crippen molar-refractivity contribution in [2.75, 3.05) is 25.1 Å². The maximum Gasteiger partial charge on any atom is 0.334 e. The van der Waals surface area contributed by atoms with Crippen molar-refractivity contribution in [1.82, 2.24) is 0 Å². The number of hydrogen-bond donors (Lipinski definition) is 1. The van der Waals surface area contributed by atoms with Gasteiger partial charge in [0.25, 0.3) is 0 Å². The first-order valence-electron chi connectivity index (χ1n) is 6.77. The highest BCUT2D eigenvalue weighted by Crippen LogP contribution is 2.16. The molecule has 4 heteroatoms. The molecule has 0 unspecified atom stereocenters. The van der Waals surface area contributed by atoms with Crippen LogP contribution in [-0.2, 0) is 8.85 Å². The maximum atomic E-state index is 5.81. The van der Waals surface area contributed by atoms with Gasteiger partial charge in [0.15, 0.2) is 0 Å². The Morgan fingerprint density at radius 2 is 1.67 bits per heavy atom. The largest absolute Gasteiger partial charge is 0.395 e. The Hall–Kier alpha value is -0.843. The van der Waals surface area contributed by atoms with Crippen LogP contribution < -0.4 is 5.32 Å². The van der Waals surface area contributed by atoms with Gasteiger partial charge in [-0.2, -0.15) is 0 Å². The van der Waals surface area contributed by atoms with Gasteiger partial charge in [-0.3, -0.25) is 0 Å². The third kappa shape index (κ3) is 5.66. The number of benzene rings is 1. The van der Waals surface area contributed by atoms with Gasteiger partial charge in [0, 0.05) is 25.4 Å². The molecule has 0 spiro atoms. The Bertz CT molecular complexity index is 313. The predicted octanol–water partition coefficient (Wildman–Crippen LogP) is 3.63. The highest BCUT2D eigenvalue weighted by Gasteiger charge is 2.29. The molecule has 18 heavy (non-hydrogen) atoms. The topological polar surface area (TPSA) is 30.5 Å². The molecule has 0 aliphatic heterocycles. The number of rotatable bonds is 9. The molecule has 1 aromatic carbocycles. The molecule has 3 nitrogen and oxygen atoms in total. The van der Waals surface area contributed by atoms with Crippen molar-refractivity contribution in [3.63, 3.8) is 0 Å². The molecule has 0 saturated carbocycles. The van der Waals surface area contributed by atoms with Crippen molar-refractivity contribution in [2.24, 2.45) is 0 Å². The average molecular weight is 267 g/mol. The summed E-state index contributed by atoms with van der Waals surface area (Å²) in [4.78, 5) is 0. The molecule has 0 fully saturated rings. The summed E-state index contributed by atoms with van der Waals surface area (Å²) in [5.41, 5.74) is 1.17. The van der Waals surface area contributed by atoms with Gasteiger partial charge in [0.05, 0.1) is 0 Å². The standard InChI is InChI=1S/C14H25NO2Si/c1-4-16-18(3,17-5-2)13-9-12-15-14-10-7-6-8-11-14/h6-8,10-11,15H,4-5,9,12-13H2,1-3H3. The summed E-state index contributed by atoms with van der Waals surface area (Å²) in [6.45, 7) is 8.68. The summed E-state index contributed by atoms with van der Waals surface area (Å²) >= 11 is 0. The van der Waals surface area contributed by atoms with Crippen molar-refractivity contribution in [3.8, 4) is 0 Å². The van der Waals surface area contributed by atoms with Crippen LogP contribution in [0.2, 0.25) is 12.6 Å². The molecule has 0 atom stereocenters. The SMILES string of the molecule is CCO[Si](C)(CCCNc1ccccc1)OCC. The van der Waals surface area contributed by atoms with Gasteiger partial charge < -0.3 is 14.2 Å².